The largest absolute Gasteiger partial charge is 0.388 e. The van der Waals surface area contributed by atoms with Gasteiger partial charge in [-0.3, -0.25) is 0 Å². The van der Waals surface area contributed by atoms with Gasteiger partial charge in [-0.1, -0.05) is 24.6 Å². The normalized spacial score (nSPS) is 43.6. The maximum Gasteiger partial charge on any atom is 0.0337 e. The molecule has 0 spiro atoms. The van der Waals surface area contributed by atoms with Crippen molar-refractivity contribution >= 4 is 0 Å². The molecule has 82 valence electrons. The van der Waals surface area contributed by atoms with Crippen molar-refractivity contribution in [1.29, 1.82) is 0 Å². The summed E-state index contributed by atoms with van der Waals surface area (Å²) < 4.78 is 0. The molecule has 2 atom stereocenters. The molecule has 0 aromatic rings. The lowest BCUT2D eigenvalue weighted by molar-refractivity contribution is 0.183. The molecule has 1 nitrogen and oxygen atoms in total. The molecule has 3 rings (SSSR count). The van der Waals surface area contributed by atoms with Gasteiger partial charge < -0.3 is 5.32 Å². The fraction of sp³-hybridized carbons (Fsp3) is 0.714. The summed E-state index contributed by atoms with van der Waals surface area (Å²) in [5.41, 5.74) is 4.05. The second kappa shape index (κ2) is 2.90. The number of nitrogens with one attached hydrogen (secondary N) is 1. The lowest BCUT2D eigenvalue weighted by Gasteiger charge is -2.41. The lowest BCUT2D eigenvalue weighted by Crippen LogP contribution is -2.38. The van der Waals surface area contributed by atoms with E-state index in [1.165, 1.54) is 44.3 Å². The zero-order valence-electron chi connectivity index (χ0n) is 9.90. The van der Waals surface area contributed by atoms with Gasteiger partial charge in [-0.25, -0.2) is 0 Å². The van der Waals surface area contributed by atoms with Gasteiger partial charge in [-0.05, 0) is 44.4 Å². The van der Waals surface area contributed by atoms with Crippen molar-refractivity contribution in [3.05, 3.63) is 23.4 Å². The summed E-state index contributed by atoms with van der Waals surface area (Å²) >= 11 is 0. The number of hydrogen-bond acceptors (Lipinski definition) is 1. The molecular weight excluding hydrogens is 182 g/mol. The van der Waals surface area contributed by atoms with Gasteiger partial charge in [-0.15, -0.1) is 0 Å². The van der Waals surface area contributed by atoms with Gasteiger partial charge in [0.05, 0.1) is 0 Å². The van der Waals surface area contributed by atoms with Crippen LogP contribution in [0.25, 0.3) is 0 Å². The van der Waals surface area contributed by atoms with E-state index in [0.717, 1.165) is 0 Å². The van der Waals surface area contributed by atoms with Crippen LogP contribution in [0.4, 0.5) is 0 Å². The molecule has 2 aliphatic carbocycles. The third-order valence-electron chi connectivity index (χ3n) is 5.13. The smallest absolute Gasteiger partial charge is 0.0337 e. The Morgan fingerprint density at radius 3 is 2.80 bits per heavy atom. The zero-order valence-corrected chi connectivity index (χ0v) is 9.90. The van der Waals surface area contributed by atoms with Gasteiger partial charge in [0.1, 0.15) is 0 Å². The molecule has 0 aromatic heterocycles. The molecule has 1 heterocycles. The van der Waals surface area contributed by atoms with Crippen molar-refractivity contribution in [1.82, 2.24) is 5.32 Å². The molecule has 1 saturated heterocycles. The summed E-state index contributed by atoms with van der Waals surface area (Å²) in [7, 11) is 0. The van der Waals surface area contributed by atoms with Crippen LogP contribution in [0.3, 0.4) is 0 Å². The highest BCUT2D eigenvalue weighted by atomic mass is 14.9. The highest BCUT2D eigenvalue weighted by molar-refractivity contribution is 5.41. The van der Waals surface area contributed by atoms with Crippen LogP contribution in [0.1, 0.15) is 46.0 Å². The van der Waals surface area contributed by atoms with E-state index in [1.807, 2.05) is 0 Å². The first kappa shape index (κ1) is 9.50. The molecule has 3 aliphatic rings. The monoisotopic (exact) mass is 203 g/mol. The molecular formula is C14H21N. The van der Waals surface area contributed by atoms with Crippen molar-refractivity contribution in [2.45, 2.75) is 46.0 Å². The average Bonchev–Trinajstić information content (AvgIpc) is 2.55. The Morgan fingerprint density at radius 2 is 1.93 bits per heavy atom. The van der Waals surface area contributed by atoms with Crippen LogP contribution in [0.2, 0.25) is 0 Å². The Hall–Kier alpha value is -0.720. The molecule has 0 bridgehead atoms. The quantitative estimate of drug-likeness (QED) is 0.595. The van der Waals surface area contributed by atoms with Gasteiger partial charge >= 0.3 is 0 Å². The van der Waals surface area contributed by atoms with Gasteiger partial charge in [0.15, 0.2) is 0 Å². The van der Waals surface area contributed by atoms with E-state index in [4.69, 9.17) is 0 Å². The minimum Gasteiger partial charge on any atom is -0.388 e. The molecule has 0 saturated carbocycles. The molecule has 1 fully saturated rings. The van der Waals surface area contributed by atoms with E-state index < -0.39 is 0 Å². The zero-order chi connectivity index (χ0) is 10.5. The second-order valence-electron chi connectivity index (χ2n) is 5.82. The third-order valence-corrected chi connectivity index (χ3v) is 5.13. The summed E-state index contributed by atoms with van der Waals surface area (Å²) in [6.45, 7) is 6.09. The minimum atomic E-state index is 0.341. The van der Waals surface area contributed by atoms with Gasteiger partial charge in [-0.2, -0.15) is 0 Å². The van der Waals surface area contributed by atoms with Crippen LogP contribution < -0.4 is 5.32 Å². The van der Waals surface area contributed by atoms with Gasteiger partial charge in [0, 0.05) is 17.7 Å². The van der Waals surface area contributed by atoms with Crippen molar-refractivity contribution in [3.63, 3.8) is 0 Å². The molecule has 0 amide bonds. The number of hydrogen-bond donors (Lipinski definition) is 1. The summed E-state index contributed by atoms with van der Waals surface area (Å²) in [5, 5.41) is 3.67. The maximum atomic E-state index is 3.67. The van der Waals surface area contributed by atoms with E-state index >= 15 is 0 Å². The fourth-order valence-corrected chi connectivity index (χ4v) is 3.73. The SMILES string of the molecule is CC12CC=C3CCCCNC(=CC1)C32C. The highest BCUT2D eigenvalue weighted by Crippen LogP contribution is 2.63. The summed E-state index contributed by atoms with van der Waals surface area (Å²) in [4.78, 5) is 0. The van der Waals surface area contributed by atoms with E-state index in [0.29, 0.717) is 10.8 Å². The molecule has 1 aliphatic heterocycles. The van der Waals surface area contributed by atoms with E-state index in [9.17, 15) is 0 Å². The first-order chi connectivity index (χ1) is 7.17. The summed E-state index contributed by atoms with van der Waals surface area (Å²) in [6.07, 6.45) is 11.5. The van der Waals surface area contributed by atoms with E-state index in [1.54, 1.807) is 5.57 Å². The Labute approximate surface area is 92.6 Å². The molecule has 1 heteroatoms. The average molecular weight is 203 g/mol. The lowest BCUT2D eigenvalue weighted by atomic mass is 9.65. The Kier molecular flexibility index (Phi) is 1.84. The number of allylic oxidation sites excluding steroid dienone is 3. The van der Waals surface area contributed by atoms with Crippen LogP contribution in [0.5, 0.6) is 0 Å². The van der Waals surface area contributed by atoms with Crippen LogP contribution >= 0.6 is 0 Å². The van der Waals surface area contributed by atoms with Crippen molar-refractivity contribution in [3.8, 4) is 0 Å². The maximum absolute atomic E-state index is 3.67. The standard InChI is InChI=1S/C14H21N/c1-13-8-6-11-5-3-4-10-15-12(7-9-13)14(11,13)2/h6-7,15H,3-5,8-10H2,1-2H3. The van der Waals surface area contributed by atoms with Crippen LogP contribution in [-0.2, 0) is 0 Å². The minimum absolute atomic E-state index is 0.341. The number of rotatable bonds is 0. The van der Waals surface area contributed by atoms with Crippen LogP contribution in [0.15, 0.2) is 23.4 Å². The Balaban J connectivity index is 2.06. The second-order valence-corrected chi connectivity index (χ2v) is 5.82. The van der Waals surface area contributed by atoms with Crippen LogP contribution in [0, 0.1) is 10.8 Å². The highest BCUT2D eigenvalue weighted by Gasteiger charge is 2.54. The van der Waals surface area contributed by atoms with Crippen LogP contribution in [-0.4, -0.2) is 6.54 Å². The van der Waals surface area contributed by atoms with Gasteiger partial charge in [0.2, 0.25) is 0 Å². The fourth-order valence-electron chi connectivity index (χ4n) is 3.73. The first-order valence-corrected chi connectivity index (χ1v) is 6.31. The first-order valence-electron chi connectivity index (χ1n) is 6.31. The molecule has 0 radical (unpaired) electrons. The van der Waals surface area contributed by atoms with Crippen molar-refractivity contribution < 1.29 is 0 Å². The molecule has 0 aromatic carbocycles. The Morgan fingerprint density at radius 1 is 1.13 bits per heavy atom. The summed E-state index contributed by atoms with van der Waals surface area (Å²) in [5.74, 6) is 0. The Bertz CT molecular complexity index is 322. The predicted octanol–water partition coefficient (Wildman–Crippen LogP) is 3.39. The van der Waals surface area contributed by atoms with Crippen molar-refractivity contribution in [2.75, 3.05) is 6.54 Å². The molecule has 15 heavy (non-hydrogen) atoms. The van der Waals surface area contributed by atoms with Gasteiger partial charge in [0.25, 0.3) is 0 Å². The van der Waals surface area contributed by atoms with Crippen molar-refractivity contribution in [2.24, 2.45) is 10.8 Å². The topological polar surface area (TPSA) is 12.0 Å². The third kappa shape index (κ3) is 1.04. The predicted molar refractivity (Wildman–Crippen MR) is 63.5 cm³/mol. The van der Waals surface area contributed by atoms with E-state index in [2.05, 4.69) is 31.3 Å². The molecule has 1 N–H and O–H groups in total. The van der Waals surface area contributed by atoms with E-state index in [-0.39, 0.29) is 0 Å². The summed E-state index contributed by atoms with van der Waals surface area (Å²) in [6, 6.07) is 0. The molecule has 2 unspecified atom stereocenters.